The minimum atomic E-state index is -0.468. The number of hydrogen-bond donors (Lipinski definition) is 2. The average molecular weight is 340 g/mol. The van der Waals surface area contributed by atoms with Crippen molar-refractivity contribution in [3.05, 3.63) is 54.1 Å². The number of amides is 1. The number of rotatable bonds is 5. The summed E-state index contributed by atoms with van der Waals surface area (Å²) in [5, 5.41) is 3.56. The van der Waals surface area contributed by atoms with E-state index in [1.165, 1.54) is 0 Å². The molecule has 1 heterocycles. The standard InChI is InChI=1S/C20H24N2O3/c1-13-10-17(11-14(2)24-13)22-16-6-8-18(9-7-16)25-19-5-3-4-15(12-19)20(21)23/h3-9,12-14,17,22H,10-11H2,1-2H3,(H2,21,23). The number of carbonyl (C=O) groups is 1. The van der Waals surface area contributed by atoms with Gasteiger partial charge >= 0.3 is 0 Å². The third kappa shape index (κ3) is 4.73. The lowest BCUT2D eigenvalue weighted by Crippen LogP contribution is -2.36. The van der Waals surface area contributed by atoms with E-state index in [2.05, 4.69) is 19.2 Å². The molecule has 1 amide bonds. The number of anilines is 1. The van der Waals surface area contributed by atoms with Gasteiger partial charge in [0.05, 0.1) is 12.2 Å². The Balaban J connectivity index is 1.62. The Morgan fingerprint density at radius 1 is 1.08 bits per heavy atom. The molecular weight excluding hydrogens is 316 g/mol. The Kier molecular flexibility index (Phi) is 5.24. The van der Waals surface area contributed by atoms with Gasteiger partial charge in [-0.15, -0.1) is 0 Å². The van der Waals surface area contributed by atoms with E-state index in [4.69, 9.17) is 15.2 Å². The first-order chi connectivity index (χ1) is 12.0. The minimum Gasteiger partial charge on any atom is -0.457 e. The number of ether oxygens (including phenoxy) is 2. The Hall–Kier alpha value is -2.53. The van der Waals surface area contributed by atoms with Gasteiger partial charge in [-0.25, -0.2) is 0 Å². The number of nitrogens with one attached hydrogen (secondary N) is 1. The Bertz CT molecular complexity index is 720. The fourth-order valence-corrected chi connectivity index (χ4v) is 3.23. The van der Waals surface area contributed by atoms with Gasteiger partial charge < -0.3 is 20.5 Å². The molecule has 5 nitrogen and oxygen atoms in total. The maximum atomic E-state index is 11.2. The van der Waals surface area contributed by atoms with Crippen molar-refractivity contribution in [2.75, 3.05) is 5.32 Å². The molecule has 2 atom stereocenters. The third-order valence-corrected chi connectivity index (χ3v) is 4.28. The van der Waals surface area contributed by atoms with Crippen LogP contribution in [0.15, 0.2) is 48.5 Å². The van der Waals surface area contributed by atoms with Crippen molar-refractivity contribution >= 4 is 11.6 Å². The van der Waals surface area contributed by atoms with E-state index in [0.29, 0.717) is 23.1 Å². The van der Waals surface area contributed by atoms with Gasteiger partial charge in [0.25, 0.3) is 0 Å². The Morgan fingerprint density at radius 3 is 2.40 bits per heavy atom. The van der Waals surface area contributed by atoms with Crippen LogP contribution in [0, 0.1) is 0 Å². The molecule has 0 spiro atoms. The molecule has 2 unspecified atom stereocenters. The smallest absolute Gasteiger partial charge is 0.248 e. The number of hydrogen-bond acceptors (Lipinski definition) is 4. The summed E-state index contributed by atoms with van der Waals surface area (Å²) in [7, 11) is 0. The highest BCUT2D eigenvalue weighted by atomic mass is 16.5. The number of benzene rings is 2. The summed E-state index contributed by atoms with van der Waals surface area (Å²) in [4.78, 5) is 11.2. The van der Waals surface area contributed by atoms with Crippen molar-refractivity contribution in [3.8, 4) is 11.5 Å². The van der Waals surface area contributed by atoms with Gasteiger partial charge in [-0.05, 0) is 69.2 Å². The lowest BCUT2D eigenvalue weighted by atomic mass is 9.99. The number of primary amides is 1. The normalized spacial score (nSPS) is 23.0. The summed E-state index contributed by atoms with van der Waals surface area (Å²) < 4.78 is 11.6. The first kappa shape index (κ1) is 17.3. The molecule has 1 saturated heterocycles. The van der Waals surface area contributed by atoms with Crippen LogP contribution < -0.4 is 15.8 Å². The Morgan fingerprint density at radius 2 is 1.76 bits per heavy atom. The molecule has 2 aromatic rings. The quantitative estimate of drug-likeness (QED) is 0.864. The highest BCUT2D eigenvalue weighted by Crippen LogP contribution is 2.26. The van der Waals surface area contributed by atoms with Crippen molar-refractivity contribution in [2.45, 2.75) is 44.9 Å². The molecule has 1 fully saturated rings. The van der Waals surface area contributed by atoms with E-state index in [1.807, 2.05) is 24.3 Å². The van der Waals surface area contributed by atoms with E-state index in [-0.39, 0.29) is 12.2 Å². The molecule has 0 radical (unpaired) electrons. The van der Waals surface area contributed by atoms with Crippen molar-refractivity contribution in [2.24, 2.45) is 5.73 Å². The number of nitrogens with two attached hydrogens (primary N) is 1. The van der Waals surface area contributed by atoms with Crippen molar-refractivity contribution < 1.29 is 14.3 Å². The van der Waals surface area contributed by atoms with Crippen LogP contribution in [0.3, 0.4) is 0 Å². The zero-order chi connectivity index (χ0) is 17.8. The minimum absolute atomic E-state index is 0.279. The number of carbonyl (C=O) groups excluding carboxylic acids is 1. The van der Waals surface area contributed by atoms with Gasteiger partial charge in [-0.2, -0.15) is 0 Å². The van der Waals surface area contributed by atoms with E-state index < -0.39 is 5.91 Å². The van der Waals surface area contributed by atoms with Crippen LogP contribution in [0.1, 0.15) is 37.0 Å². The topological polar surface area (TPSA) is 73.6 Å². The van der Waals surface area contributed by atoms with Crippen LogP contribution in [0.5, 0.6) is 11.5 Å². The second-order valence-corrected chi connectivity index (χ2v) is 6.59. The summed E-state index contributed by atoms with van der Waals surface area (Å²) in [5.74, 6) is 0.829. The largest absolute Gasteiger partial charge is 0.457 e. The lowest BCUT2D eigenvalue weighted by molar-refractivity contribution is -0.0337. The van der Waals surface area contributed by atoms with Gasteiger partial charge in [0.15, 0.2) is 0 Å². The maximum absolute atomic E-state index is 11.2. The van der Waals surface area contributed by atoms with E-state index >= 15 is 0 Å². The van der Waals surface area contributed by atoms with Crippen LogP contribution in [0.25, 0.3) is 0 Å². The molecule has 0 saturated carbocycles. The summed E-state index contributed by atoms with van der Waals surface area (Å²) >= 11 is 0. The summed E-state index contributed by atoms with van der Waals surface area (Å²) in [5.41, 5.74) is 6.78. The van der Waals surface area contributed by atoms with Crippen molar-refractivity contribution in [1.82, 2.24) is 0 Å². The van der Waals surface area contributed by atoms with E-state index in [0.717, 1.165) is 18.5 Å². The molecular formula is C20H24N2O3. The van der Waals surface area contributed by atoms with Crippen molar-refractivity contribution in [3.63, 3.8) is 0 Å². The lowest BCUT2D eigenvalue weighted by Gasteiger charge is -2.33. The second kappa shape index (κ2) is 7.57. The molecule has 0 bridgehead atoms. The molecule has 5 heteroatoms. The van der Waals surface area contributed by atoms with E-state index in [1.54, 1.807) is 24.3 Å². The van der Waals surface area contributed by atoms with Crippen LogP contribution in [0.2, 0.25) is 0 Å². The molecule has 1 aliphatic heterocycles. The third-order valence-electron chi connectivity index (χ3n) is 4.28. The van der Waals surface area contributed by atoms with Crippen LogP contribution >= 0.6 is 0 Å². The molecule has 2 aromatic carbocycles. The second-order valence-electron chi connectivity index (χ2n) is 6.59. The molecule has 3 rings (SSSR count). The fraction of sp³-hybridized carbons (Fsp3) is 0.350. The average Bonchev–Trinajstić information content (AvgIpc) is 2.56. The van der Waals surface area contributed by atoms with Crippen LogP contribution in [0.4, 0.5) is 5.69 Å². The molecule has 25 heavy (non-hydrogen) atoms. The highest BCUT2D eigenvalue weighted by molar-refractivity contribution is 5.93. The Labute approximate surface area is 148 Å². The highest BCUT2D eigenvalue weighted by Gasteiger charge is 2.24. The SMILES string of the molecule is CC1CC(Nc2ccc(Oc3cccc(C(N)=O)c3)cc2)CC(C)O1. The summed E-state index contributed by atoms with van der Waals surface area (Å²) in [6.07, 6.45) is 2.56. The van der Waals surface area contributed by atoms with E-state index in [9.17, 15) is 4.79 Å². The van der Waals surface area contributed by atoms with Gasteiger partial charge in [-0.1, -0.05) is 6.07 Å². The van der Waals surface area contributed by atoms with Gasteiger partial charge in [0.2, 0.25) is 5.91 Å². The van der Waals surface area contributed by atoms with Crippen molar-refractivity contribution in [1.29, 1.82) is 0 Å². The summed E-state index contributed by atoms with van der Waals surface area (Å²) in [6, 6.07) is 15.1. The molecule has 132 valence electrons. The predicted molar refractivity (Wildman–Crippen MR) is 98.1 cm³/mol. The molecule has 1 aliphatic rings. The molecule has 0 aromatic heterocycles. The zero-order valence-electron chi connectivity index (χ0n) is 14.6. The van der Waals surface area contributed by atoms with Gasteiger partial charge in [0.1, 0.15) is 11.5 Å². The monoisotopic (exact) mass is 340 g/mol. The molecule has 3 N–H and O–H groups in total. The maximum Gasteiger partial charge on any atom is 0.248 e. The fourth-order valence-electron chi connectivity index (χ4n) is 3.23. The predicted octanol–water partition coefficient (Wildman–Crippen LogP) is 3.95. The first-order valence-corrected chi connectivity index (χ1v) is 8.59. The van der Waals surface area contributed by atoms with Gasteiger partial charge in [-0.3, -0.25) is 4.79 Å². The van der Waals surface area contributed by atoms with Crippen LogP contribution in [-0.4, -0.2) is 24.2 Å². The molecule has 0 aliphatic carbocycles. The first-order valence-electron chi connectivity index (χ1n) is 8.59. The van der Waals surface area contributed by atoms with Gasteiger partial charge in [0, 0.05) is 17.3 Å². The summed E-state index contributed by atoms with van der Waals surface area (Å²) in [6.45, 7) is 4.23. The zero-order valence-corrected chi connectivity index (χ0v) is 14.6. The van der Waals surface area contributed by atoms with Crippen LogP contribution in [-0.2, 0) is 4.74 Å².